The fraction of sp³-hybridized carbons (Fsp3) is 0.312. The van der Waals surface area contributed by atoms with E-state index in [1.807, 2.05) is 12.1 Å². The van der Waals surface area contributed by atoms with Crippen LogP contribution in [0.15, 0.2) is 54.6 Å². The summed E-state index contributed by atoms with van der Waals surface area (Å²) in [4.78, 5) is 51.3. The van der Waals surface area contributed by atoms with E-state index < -0.39 is 47.1 Å². The summed E-state index contributed by atoms with van der Waals surface area (Å²) in [5, 5.41) is 24.5. The lowest BCUT2D eigenvalue weighted by Crippen LogP contribution is -2.39. The second-order valence-electron chi connectivity index (χ2n) is 10.5. The van der Waals surface area contributed by atoms with Crippen LogP contribution in [0.4, 0.5) is 4.79 Å². The molecule has 0 bridgehead atoms. The molecule has 0 spiro atoms. The van der Waals surface area contributed by atoms with Crippen LogP contribution in [0.2, 0.25) is 0 Å². The smallest absolute Gasteiger partial charge is 0.407 e. The minimum absolute atomic E-state index is 0.0232. The molecule has 1 fully saturated rings. The average Bonchev–Trinajstić information content (AvgIpc) is 3.00. The lowest BCUT2D eigenvalue weighted by molar-refractivity contribution is -0.154. The van der Waals surface area contributed by atoms with E-state index >= 15 is 0 Å². The Kier molecular flexibility index (Phi) is 8.15. The molecule has 1 amide bonds. The Bertz CT molecular complexity index is 1540. The summed E-state index contributed by atoms with van der Waals surface area (Å²) in [5.74, 6) is -2.35. The number of phenols is 2. The van der Waals surface area contributed by atoms with Gasteiger partial charge in [0.25, 0.3) is 0 Å². The van der Waals surface area contributed by atoms with Gasteiger partial charge >= 0.3 is 12.1 Å². The molecule has 0 heterocycles. The number of carbonyl (C=O) groups is 4. The van der Waals surface area contributed by atoms with Crippen molar-refractivity contribution < 1.29 is 43.6 Å². The molecule has 2 aliphatic rings. The highest BCUT2D eigenvalue weighted by Gasteiger charge is 2.37. The van der Waals surface area contributed by atoms with Crippen LogP contribution < -0.4 is 10.1 Å². The number of ketones is 2. The van der Waals surface area contributed by atoms with Gasteiger partial charge in [0.2, 0.25) is 0 Å². The van der Waals surface area contributed by atoms with E-state index in [-0.39, 0.29) is 40.5 Å². The lowest BCUT2D eigenvalue weighted by atomic mass is 9.81. The molecule has 1 atom stereocenters. The SMILES string of the molecule is COc1ccc(COC(=O)NC2CCC(C(=O)OC(C)c3cc(O)c4c(c3O)C(=O)c3ccccc3C4=O)CC2)cc1. The minimum Gasteiger partial charge on any atom is -0.507 e. The predicted molar refractivity (Wildman–Crippen MR) is 150 cm³/mol. The quantitative estimate of drug-likeness (QED) is 0.206. The van der Waals surface area contributed by atoms with Gasteiger partial charge in [-0.05, 0) is 56.4 Å². The molecular formula is C32H31NO9. The average molecular weight is 574 g/mol. The van der Waals surface area contributed by atoms with Crippen LogP contribution >= 0.6 is 0 Å². The van der Waals surface area contributed by atoms with Crippen molar-refractivity contribution in [2.45, 2.75) is 51.4 Å². The van der Waals surface area contributed by atoms with Crippen LogP contribution in [0.3, 0.4) is 0 Å². The third-order valence-electron chi connectivity index (χ3n) is 7.82. The van der Waals surface area contributed by atoms with Gasteiger partial charge in [-0.25, -0.2) is 4.79 Å². The normalized spacial score (nSPS) is 18.3. The second-order valence-corrected chi connectivity index (χ2v) is 10.5. The molecular weight excluding hydrogens is 542 g/mol. The molecule has 1 unspecified atom stereocenters. The molecule has 10 nitrogen and oxygen atoms in total. The Morgan fingerprint density at radius 3 is 2.17 bits per heavy atom. The number of hydrogen-bond acceptors (Lipinski definition) is 9. The van der Waals surface area contributed by atoms with Gasteiger partial charge in [0.15, 0.2) is 11.6 Å². The van der Waals surface area contributed by atoms with Crippen LogP contribution in [0.5, 0.6) is 17.2 Å². The highest BCUT2D eigenvalue weighted by atomic mass is 16.6. The van der Waals surface area contributed by atoms with Crippen LogP contribution in [-0.2, 0) is 20.9 Å². The van der Waals surface area contributed by atoms with Crippen molar-refractivity contribution in [1.82, 2.24) is 5.32 Å². The predicted octanol–water partition coefficient (Wildman–Crippen LogP) is 4.97. The molecule has 2 aliphatic carbocycles. The summed E-state index contributed by atoms with van der Waals surface area (Å²) in [6.07, 6.45) is 0.501. The highest BCUT2D eigenvalue weighted by molar-refractivity contribution is 6.30. The van der Waals surface area contributed by atoms with E-state index in [1.165, 1.54) is 19.1 Å². The number of amides is 1. The fourth-order valence-corrected chi connectivity index (χ4v) is 5.47. The van der Waals surface area contributed by atoms with E-state index in [0.717, 1.165) is 11.6 Å². The zero-order valence-corrected chi connectivity index (χ0v) is 23.2. The van der Waals surface area contributed by atoms with Gasteiger partial charge in [0.05, 0.1) is 24.2 Å². The number of phenolic OH excluding ortho intramolecular Hbond substituents is 2. The maximum Gasteiger partial charge on any atom is 0.407 e. The minimum atomic E-state index is -1.00. The number of fused-ring (bicyclic) bond motifs is 2. The van der Waals surface area contributed by atoms with Crippen LogP contribution in [0.1, 0.15) is 81.7 Å². The molecule has 1 saturated carbocycles. The standard InChI is InChI=1S/C32H31NO9/c1-17(24-15-25(34)26-27(30(24)37)29(36)23-6-4-3-5-22(23)28(26)35)42-31(38)19-9-11-20(12-10-19)33-32(39)41-16-18-7-13-21(40-2)14-8-18/h3-8,13-15,17,19-20,34,37H,9-12,16H2,1-2H3,(H,33,39). The van der Waals surface area contributed by atoms with Crippen molar-refractivity contribution in [3.05, 3.63) is 88.0 Å². The van der Waals surface area contributed by atoms with Gasteiger partial charge in [0.1, 0.15) is 30.0 Å². The summed E-state index contributed by atoms with van der Waals surface area (Å²) in [6.45, 7) is 1.64. The molecule has 0 saturated heterocycles. The first-order valence-electron chi connectivity index (χ1n) is 13.7. The monoisotopic (exact) mass is 573 g/mol. The lowest BCUT2D eigenvalue weighted by Gasteiger charge is -2.29. The third-order valence-corrected chi connectivity index (χ3v) is 7.82. The molecule has 0 radical (unpaired) electrons. The number of methoxy groups -OCH3 is 1. The summed E-state index contributed by atoms with van der Waals surface area (Å²) >= 11 is 0. The van der Waals surface area contributed by atoms with E-state index in [2.05, 4.69) is 5.32 Å². The van der Waals surface area contributed by atoms with E-state index in [4.69, 9.17) is 14.2 Å². The number of alkyl carbamates (subject to hydrolysis) is 1. The maximum atomic E-state index is 13.1. The molecule has 10 heteroatoms. The van der Waals surface area contributed by atoms with Crippen molar-refractivity contribution >= 4 is 23.6 Å². The number of carbonyl (C=O) groups excluding carboxylic acids is 4. The summed E-state index contributed by atoms with van der Waals surface area (Å²) in [5.41, 5.74) is 0.545. The van der Waals surface area contributed by atoms with Crippen molar-refractivity contribution in [3.8, 4) is 17.2 Å². The van der Waals surface area contributed by atoms with Gasteiger partial charge in [-0.1, -0.05) is 36.4 Å². The van der Waals surface area contributed by atoms with Crippen molar-refractivity contribution in [2.24, 2.45) is 5.92 Å². The molecule has 3 aromatic carbocycles. The van der Waals surface area contributed by atoms with Gasteiger partial charge in [0, 0.05) is 22.7 Å². The topological polar surface area (TPSA) is 148 Å². The molecule has 218 valence electrons. The Morgan fingerprint density at radius 2 is 1.55 bits per heavy atom. The molecule has 42 heavy (non-hydrogen) atoms. The summed E-state index contributed by atoms with van der Waals surface area (Å²) in [7, 11) is 1.58. The van der Waals surface area contributed by atoms with Crippen molar-refractivity contribution in [3.63, 3.8) is 0 Å². The third kappa shape index (κ3) is 5.65. The van der Waals surface area contributed by atoms with E-state index in [0.29, 0.717) is 31.4 Å². The second kappa shape index (κ2) is 11.9. The maximum absolute atomic E-state index is 13.1. The van der Waals surface area contributed by atoms with Crippen molar-refractivity contribution in [1.29, 1.82) is 0 Å². The largest absolute Gasteiger partial charge is 0.507 e. The van der Waals surface area contributed by atoms with Crippen LogP contribution in [0, 0.1) is 5.92 Å². The molecule has 5 rings (SSSR count). The van der Waals surface area contributed by atoms with Crippen LogP contribution in [0.25, 0.3) is 0 Å². The number of rotatable bonds is 7. The van der Waals surface area contributed by atoms with E-state index in [1.54, 1.807) is 31.4 Å². The molecule has 3 aromatic rings. The number of esters is 1. The van der Waals surface area contributed by atoms with Gasteiger partial charge in [-0.2, -0.15) is 0 Å². The van der Waals surface area contributed by atoms with Crippen LogP contribution in [-0.4, -0.2) is 47.0 Å². The molecule has 3 N–H and O–H groups in total. The first-order valence-corrected chi connectivity index (χ1v) is 13.7. The zero-order valence-electron chi connectivity index (χ0n) is 23.2. The summed E-state index contributed by atoms with van der Waals surface area (Å²) < 4.78 is 16.0. The van der Waals surface area contributed by atoms with E-state index in [9.17, 15) is 29.4 Å². The Morgan fingerprint density at radius 1 is 0.929 bits per heavy atom. The Balaban J connectivity index is 1.16. The van der Waals surface area contributed by atoms with Gasteiger partial charge in [-0.3, -0.25) is 14.4 Å². The first kappa shape index (κ1) is 28.7. The summed E-state index contributed by atoms with van der Waals surface area (Å²) in [6, 6.07) is 14.4. The zero-order chi connectivity index (χ0) is 30.0. The first-order chi connectivity index (χ1) is 20.2. The highest BCUT2D eigenvalue weighted by Crippen LogP contribution is 2.43. The Labute approximate surface area is 242 Å². The van der Waals surface area contributed by atoms with Crippen molar-refractivity contribution in [2.75, 3.05) is 7.11 Å². The number of ether oxygens (including phenoxy) is 3. The Hall–Kier alpha value is -4.86. The molecule has 0 aliphatic heterocycles. The number of aromatic hydroxyl groups is 2. The number of hydrogen-bond donors (Lipinski definition) is 3. The molecule has 0 aromatic heterocycles. The number of benzene rings is 3. The number of nitrogens with one attached hydrogen (secondary N) is 1. The van der Waals surface area contributed by atoms with Gasteiger partial charge in [-0.15, -0.1) is 0 Å². The fourth-order valence-electron chi connectivity index (χ4n) is 5.47. The van der Waals surface area contributed by atoms with Gasteiger partial charge < -0.3 is 29.7 Å².